The van der Waals surface area contributed by atoms with Crippen molar-refractivity contribution in [2.75, 3.05) is 6.54 Å². The zero-order valence-electron chi connectivity index (χ0n) is 14.2. The summed E-state index contributed by atoms with van der Waals surface area (Å²) in [7, 11) is 0. The molecule has 1 aromatic carbocycles. The fourth-order valence-electron chi connectivity index (χ4n) is 2.55. The van der Waals surface area contributed by atoms with Gasteiger partial charge in [0.05, 0.1) is 10.3 Å². The molecule has 7 nitrogen and oxygen atoms in total. The van der Waals surface area contributed by atoms with E-state index in [0.717, 1.165) is 23.5 Å². The van der Waals surface area contributed by atoms with Gasteiger partial charge in [-0.05, 0) is 23.8 Å². The van der Waals surface area contributed by atoms with Gasteiger partial charge < -0.3 is 15.5 Å². The van der Waals surface area contributed by atoms with E-state index in [0.29, 0.717) is 4.88 Å². The largest absolute Gasteiger partial charge is 0.504 e. The molecule has 0 aliphatic heterocycles. The number of aromatic nitrogens is 1. The molecule has 29 heavy (non-hydrogen) atoms. The molecule has 0 spiro atoms. The second-order valence-electron chi connectivity index (χ2n) is 5.78. The highest BCUT2D eigenvalue weighted by molar-refractivity contribution is 7.22. The van der Waals surface area contributed by atoms with Gasteiger partial charge in [0.1, 0.15) is 18.3 Å². The number of alkyl halides is 3. The van der Waals surface area contributed by atoms with Gasteiger partial charge in [-0.25, -0.2) is 4.98 Å². The summed E-state index contributed by atoms with van der Waals surface area (Å²) < 4.78 is 39.0. The third-order valence-corrected chi connectivity index (χ3v) is 5.04. The highest BCUT2D eigenvalue weighted by Gasteiger charge is 2.30. The monoisotopic (exact) mass is 421 g/mol. The molecule has 0 aliphatic carbocycles. The van der Waals surface area contributed by atoms with Gasteiger partial charge in [-0.1, -0.05) is 12.1 Å². The minimum atomic E-state index is -4.54. The number of hydrogen-bond donors (Lipinski definition) is 3. The lowest BCUT2D eigenvalue weighted by molar-refractivity contribution is -0.137. The van der Waals surface area contributed by atoms with Crippen LogP contribution in [0.25, 0.3) is 20.5 Å². The molecule has 3 N–H and O–H groups in total. The minimum absolute atomic E-state index is 0.0736. The third kappa shape index (κ3) is 3.97. The first kappa shape index (κ1) is 20.1. The number of fused-ring (bicyclic) bond motifs is 1. The average molecular weight is 421 g/mol. The number of thiophene rings is 1. The maximum atomic E-state index is 13.0. The summed E-state index contributed by atoms with van der Waals surface area (Å²) in [5.41, 5.74) is -1.43. The standard InChI is InChI=1S/C18H10F3N3O4S/c19-18(20,21)9-3-1-2-8(4-9)12-5-10-11(6-22)24-14(15(27)16(10)29-12)17(28)23-7-13(25)26/h1-5,27H,7H2,(H,23,28)(H,25,26). The summed E-state index contributed by atoms with van der Waals surface area (Å²) in [6.45, 7) is -0.722. The number of aromatic hydroxyl groups is 1. The molecule has 0 unspecified atom stereocenters. The molecule has 3 rings (SSSR count). The molecule has 2 aromatic heterocycles. The van der Waals surface area contributed by atoms with Gasteiger partial charge in [-0.3, -0.25) is 9.59 Å². The molecular weight excluding hydrogens is 411 g/mol. The van der Waals surface area contributed by atoms with E-state index < -0.39 is 41.6 Å². The summed E-state index contributed by atoms with van der Waals surface area (Å²) >= 11 is 0.877. The van der Waals surface area contributed by atoms with Gasteiger partial charge in [0.2, 0.25) is 0 Å². The van der Waals surface area contributed by atoms with Gasteiger partial charge in [0, 0.05) is 10.3 Å². The van der Waals surface area contributed by atoms with Crippen LogP contribution in [0.4, 0.5) is 13.2 Å². The zero-order valence-corrected chi connectivity index (χ0v) is 15.1. The molecule has 1 amide bonds. The smallest absolute Gasteiger partial charge is 0.416 e. The van der Waals surface area contributed by atoms with Crippen molar-refractivity contribution in [3.05, 3.63) is 47.3 Å². The van der Waals surface area contributed by atoms with Crippen LogP contribution in [0.1, 0.15) is 21.7 Å². The number of carbonyl (C=O) groups excluding carboxylic acids is 1. The lowest BCUT2D eigenvalue weighted by Crippen LogP contribution is -2.30. The summed E-state index contributed by atoms with van der Waals surface area (Å²) in [6, 6.07) is 7.69. The fraction of sp³-hybridized carbons (Fsp3) is 0.111. The van der Waals surface area contributed by atoms with Crippen molar-refractivity contribution in [3.63, 3.8) is 0 Å². The number of nitrogens with one attached hydrogen (secondary N) is 1. The second kappa shape index (κ2) is 7.40. The van der Waals surface area contributed by atoms with Crippen LogP contribution in [0.2, 0.25) is 0 Å². The van der Waals surface area contributed by atoms with E-state index in [1.165, 1.54) is 18.2 Å². The van der Waals surface area contributed by atoms with Crippen molar-refractivity contribution in [2.24, 2.45) is 0 Å². The fourth-order valence-corrected chi connectivity index (χ4v) is 3.65. The number of hydrogen-bond acceptors (Lipinski definition) is 6. The first-order valence-corrected chi connectivity index (χ1v) is 8.67. The number of rotatable bonds is 4. The number of nitrogens with zero attached hydrogens (tertiary/aromatic N) is 2. The molecule has 11 heteroatoms. The molecule has 0 saturated carbocycles. The molecule has 0 saturated heterocycles. The van der Waals surface area contributed by atoms with E-state index in [1.807, 2.05) is 5.32 Å². The van der Waals surface area contributed by atoms with E-state index in [9.17, 15) is 33.1 Å². The summed E-state index contributed by atoms with van der Waals surface area (Å²) in [6.07, 6.45) is -4.54. The number of benzene rings is 1. The minimum Gasteiger partial charge on any atom is -0.504 e. The Bertz CT molecular complexity index is 1180. The molecular formula is C18H10F3N3O4S. The van der Waals surface area contributed by atoms with Gasteiger partial charge in [0.15, 0.2) is 11.4 Å². The number of amides is 1. The van der Waals surface area contributed by atoms with Crippen LogP contribution in [0.5, 0.6) is 5.75 Å². The number of carboxylic acids is 1. The normalized spacial score (nSPS) is 11.2. The quantitative estimate of drug-likeness (QED) is 0.594. The van der Waals surface area contributed by atoms with Crippen LogP contribution in [-0.4, -0.2) is 33.6 Å². The van der Waals surface area contributed by atoms with Crippen molar-refractivity contribution < 1.29 is 33.0 Å². The van der Waals surface area contributed by atoms with Crippen molar-refractivity contribution >= 4 is 33.3 Å². The predicted octanol–water partition coefficient (Wildman–Crippen LogP) is 3.37. The molecule has 0 aliphatic rings. The van der Waals surface area contributed by atoms with Crippen LogP contribution in [0.15, 0.2) is 30.3 Å². The Morgan fingerprint density at radius 3 is 2.62 bits per heavy atom. The first-order chi connectivity index (χ1) is 13.6. The van der Waals surface area contributed by atoms with Gasteiger partial charge in [0.25, 0.3) is 5.91 Å². The van der Waals surface area contributed by atoms with E-state index in [1.54, 1.807) is 6.07 Å². The van der Waals surface area contributed by atoms with Crippen LogP contribution in [0.3, 0.4) is 0 Å². The van der Waals surface area contributed by atoms with Crippen LogP contribution >= 0.6 is 11.3 Å². The number of aliphatic carboxylic acids is 1. The lowest BCUT2D eigenvalue weighted by Gasteiger charge is -2.07. The Balaban J connectivity index is 2.13. The lowest BCUT2D eigenvalue weighted by atomic mass is 10.1. The van der Waals surface area contributed by atoms with Crippen molar-refractivity contribution in [1.82, 2.24) is 10.3 Å². The second-order valence-corrected chi connectivity index (χ2v) is 6.83. The van der Waals surface area contributed by atoms with E-state index >= 15 is 0 Å². The Kier molecular flexibility index (Phi) is 5.13. The average Bonchev–Trinajstić information content (AvgIpc) is 3.12. The molecule has 148 valence electrons. The molecule has 3 aromatic rings. The third-order valence-electron chi connectivity index (χ3n) is 3.85. The molecule has 0 atom stereocenters. The summed E-state index contributed by atoms with van der Waals surface area (Å²) in [5.74, 6) is -2.91. The Morgan fingerprint density at radius 2 is 2.00 bits per heavy atom. The molecule has 0 bridgehead atoms. The van der Waals surface area contributed by atoms with Gasteiger partial charge >= 0.3 is 12.1 Å². The first-order valence-electron chi connectivity index (χ1n) is 7.86. The van der Waals surface area contributed by atoms with Crippen molar-refractivity contribution in [2.45, 2.75) is 6.18 Å². The highest BCUT2D eigenvalue weighted by atomic mass is 32.1. The predicted molar refractivity (Wildman–Crippen MR) is 96.4 cm³/mol. The Labute approximate surface area is 164 Å². The zero-order chi connectivity index (χ0) is 21.3. The van der Waals surface area contributed by atoms with Crippen LogP contribution in [-0.2, 0) is 11.0 Å². The SMILES string of the molecule is N#Cc1nc(C(=O)NCC(=O)O)c(O)c2sc(-c3cccc(C(F)(F)F)c3)cc12. The highest BCUT2D eigenvalue weighted by Crippen LogP contribution is 2.41. The van der Waals surface area contributed by atoms with Crippen LogP contribution < -0.4 is 5.32 Å². The number of pyridine rings is 1. The summed E-state index contributed by atoms with van der Waals surface area (Å²) in [5, 5.41) is 30.5. The maximum Gasteiger partial charge on any atom is 0.416 e. The number of nitriles is 1. The van der Waals surface area contributed by atoms with E-state index in [-0.39, 0.29) is 21.3 Å². The molecule has 2 heterocycles. The van der Waals surface area contributed by atoms with Gasteiger partial charge in [-0.2, -0.15) is 18.4 Å². The Morgan fingerprint density at radius 1 is 1.28 bits per heavy atom. The molecule has 0 radical (unpaired) electrons. The number of carbonyl (C=O) groups is 2. The van der Waals surface area contributed by atoms with E-state index in [4.69, 9.17) is 5.11 Å². The number of halogens is 3. The van der Waals surface area contributed by atoms with Gasteiger partial charge in [-0.15, -0.1) is 11.3 Å². The molecule has 0 fully saturated rings. The summed E-state index contributed by atoms with van der Waals surface area (Å²) in [4.78, 5) is 26.8. The van der Waals surface area contributed by atoms with Crippen LogP contribution in [0, 0.1) is 11.3 Å². The topological polar surface area (TPSA) is 123 Å². The number of carboxylic acid groups (broad SMARTS) is 1. The Hall–Kier alpha value is -3.65. The van der Waals surface area contributed by atoms with E-state index in [2.05, 4.69) is 4.98 Å². The van der Waals surface area contributed by atoms with Crippen molar-refractivity contribution in [3.8, 4) is 22.3 Å². The van der Waals surface area contributed by atoms with Crippen molar-refractivity contribution in [1.29, 1.82) is 5.26 Å². The maximum absolute atomic E-state index is 13.0.